The average Bonchev–Trinajstić information content (AvgIpc) is 3.57. The number of hydrogen-bond donors (Lipinski definition) is 0. The Morgan fingerprint density at radius 1 is 1.20 bits per heavy atom. The number of carbonyl (C=O) groups excluding carboxylic acids is 1. The molecule has 0 spiro atoms. The Hall–Kier alpha value is -2.40. The van der Waals surface area contributed by atoms with Gasteiger partial charge >= 0.3 is 0 Å². The van der Waals surface area contributed by atoms with Crippen LogP contribution in [0.1, 0.15) is 36.8 Å². The van der Waals surface area contributed by atoms with Gasteiger partial charge in [-0.15, -0.1) is 0 Å². The van der Waals surface area contributed by atoms with Gasteiger partial charge in [0.05, 0.1) is 27.8 Å². The molecule has 1 amide bonds. The largest absolute Gasteiger partial charge is 0.376 e. The summed E-state index contributed by atoms with van der Waals surface area (Å²) in [5.74, 6) is -0.806. The van der Waals surface area contributed by atoms with Gasteiger partial charge in [-0.2, -0.15) is 4.31 Å². The molecule has 2 aliphatic heterocycles. The summed E-state index contributed by atoms with van der Waals surface area (Å²) in [6.07, 6.45) is 2.65. The van der Waals surface area contributed by atoms with Gasteiger partial charge < -0.3 is 4.74 Å². The molecule has 5 rings (SSSR count). The molecule has 7 nitrogen and oxygen atoms in total. The first-order valence-corrected chi connectivity index (χ1v) is 14.1. The van der Waals surface area contributed by atoms with Crippen molar-refractivity contribution in [1.82, 2.24) is 9.29 Å². The molecule has 186 valence electrons. The molecular formula is C25H28FN3O4S2. The number of aryl methyl sites for hydroxylation is 2. The van der Waals surface area contributed by atoms with E-state index in [-0.39, 0.29) is 23.5 Å². The van der Waals surface area contributed by atoms with Crippen LogP contribution in [0.2, 0.25) is 0 Å². The molecule has 2 fully saturated rings. The van der Waals surface area contributed by atoms with Gasteiger partial charge in [-0.1, -0.05) is 17.4 Å². The van der Waals surface area contributed by atoms with Crippen molar-refractivity contribution in [2.24, 2.45) is 0 Å². The van der Waals surface area contributed by atoms with Gasteiger partial charge in [0.25, 0.3) is 0 Å². The van der Waals surface area contributed by atoms with E-state index in [9.17, 15) is 17.6 Å². The third-order valence-electron chi connectivity index (χ3n) is 6.62. The van der Waals surface area contributed by atoms with Crippen LogP contribution in [0, 0.1) is 19.7 Å². The van der Waals surface area contributed by atoms with Crippen molar-refractivity contribution in [3.8, 4) is 0 Å². The number of hydrogen-bond acceptors (Lipinski definition) is 6. The van der Waals surface area contributed by atoms with Crippen LogP contribution in [0.15, 0.2) is 41.3 Å². The zero-order valence-electron chi connectivity index (χ0n) is 19.7. The first-order valence-electron chi connectivity index (χ1n) is 11.8. The number of sulfonamides is 1. The summed E-state index contributed by atoms with van der Waals surface area (Å²) in [5.41, 5.74) is 3.01. The molecule has 0 saturated carbocycles. The highest BCUT2D eigenvalue weighted by molar-refractivity contribution is 7.89. The standard InChI is InChI=1S/C25H28FN3O4S2/c1-16-13-17(2)23-21(14-16)27-25(34-23)28(15-19-5-4-12-33-19)24(30)22-6-3-11-29(22)35(31,32)20-9-7-18(26)8-10-20/h7-10,13-14,19,22H,3-6,11-12,15H2,1-2H3. The van der Waals surface area contributed by atoms with Crippen LogP contribution in [-0.4, -0.2) is 55.5 Å². The lowest BCUT2D eigenvalue weighted by molar-refractivity contribution is -0.122. The number of amides is 1. The Morgan fingerprint density at radius 2 is 1.97 bits per heavy atom. The van der Waals surface area contributed by atoms with E-state index in [0.717, 1.165) is 46.3 Å². The van der Waals surface area contributed by atoms with E-state index in [1.165, 1.54) is 27.8 Å². The van der Waals surface area contributed by atoms with Crippen molar-refractivity contribution in [2.45, 2.75) is 56.6 Å². The second-order valence-electron chi connectivity index (χ2n) is 9.24. The molecular weight excluding hydrogens is 489 g/mol. The van der Waals surface area contributed by atoms with Crippen molar-refractivity contribution in [3.63, 3.8) is 0 Å². The normalized spacial score (nSPS) is 21.1. The number of rotatable bonds is 6. The third-order valence-corrected chi connectivity index (χ3v) is 9.78. The molecule has 3 heterocycles. The molecule has 3 aromatic rings. The predicted molar refractivity (Wildman–Crippen MR) is 134 cm³/mol. The van der Waals surface area contributed by atoms with Crippen LogP contribution in [0.4, 0.5) is 9.52 Å². The van der Waals surface area contributed by atoms with Gasteiger partial charge in [0.2, 0.25) is 15.9 Å². The van der Waals surface area contributed by atoms with Crippen molar-refractivity contribution in [1.29, 1.82) is 0 Å². The Kier molecular flexibility index (Phi) is 6.65. The number of halogens is 1. The highest BCUT2D eigenvalue weighted by atomic mass is 32.2. The Labute approximate surface area is 208 Å². The van der Waals surface area contributed by atoms with E-state index < -0.39 is 21.9 Å². The van der Waals surface area contributed by atoms with Crippen molar-refractivity contribution < 1.29 is 22.3 Å². The molecule has 1 aromatic heterocycles. The Morgan fingerprint density at radius 3 is 2.69 bits per heavy atom. The summed E-state index contributed by atoms with van der Waals surface area (Å²) in [5, 5.41) is 0.556. The maximum absolute atomic E-state index is 14.0. The first-order chi connectivity index (χ1) is 16.7. The highest BCUT2D eigenvalue weighted by Crippen LogP contribution is 2.35. The lowest BCUT2D eigenvalue weighted by Gasteiger charge is -2.29. The quantitative estimate of drug-likeness (QED) is 0.484. The predicted octanol–water partition coefficient (Wildman–Crippen LogP) is 4.42. The fourth-order valence-electron chi connectivity index (χ4n) is 4.93. The molecule has 0 bridgehead atoms. The van der Waals surface area contributed by atoms with E-state index >= 15 is 0 Å². The average molecular weight is 518 g/mol. The zero-order valence-corrected chi connectivity index (χ0v) is 21.4. The minimum Gasteiger partial charge on any atom is -0.376 e. The monoisotopic (exact) mass is 517 g/mol. The van der Waals surface area contributed by atoms with Crippen molar-refractivity contribution in [2.75, 3.05) is 24.6 Å². The lowest BCUT2D eigenvalue weighted by Crippen LogP contribution is -2.49. The Balaban J connectivity index is 1.50. The van der Waals surface area contributed by atoms with E-state index in [0.29, 0.717) is 31.1 Å². The van der Waals surface area contributed by atoms with Crippen molar-refractivity contribution in [3.05, 3.63) is 53.3 Å². The van der Waals surface area contributed by atoms with Gasteiger partial charge in [-0.05, 0) is 81.0 Å². The zero-order chi connectivity index (χ0) is 24.7. The fraction of sp³-hybridized carbons (Fsp3) is 0.440. The molecule has 2 atom stereocenters. The molecule has 2 aromatic carbocycles. The van der Waals surface area contributed by atoms with Crippen LogP contribution in [0.25, 0.3) is 10.2 Å². The SMILES string of the molecule is Cc1cc(C)c2sc(N(CC3CCCO3)C(=O)C3CCCN3S(=O)(=O)c3ccc(F)cc3)nc2c1. The number of aromatic nitrogens is 1. The van der Waals surface area contributed by atoms with E-state index in [1.54, 1.807) is 4.90 Å². The number of benzene rings is 2. The van der Waals surface area contributed by atoms with Gasteiger partial charge in [0.15, 0.2) is 5.13 Å². The number of anilines is 1. The molecule has 2 saturated heterocycles. The van der Waals surface area contributed by atoms with Crippen LogP contribution >= 0.6 is 11.3 Å². The fourth-order valence-corrected chi connectivity index (χ4v) is 7.61. The van der Waals surface area contributed by atoms with Gasteiger partial charge in [-0.25, -0.2) is 17.8 Å². The maximum Gasteiger partial charge on any atom is 0.247 e. The number of nitrogens with zero attached hydrogens (tertiary/aromatic N) is 3. The van der Waals surface area contributed by atoms with Crippen LogP contribution in [0.3, 0.4) is 0 Å². The summed E-state index contributed by atoms with van der Waals surface area (Å²) in [6.45, 7) is 5.26. The summed E-state index contributed by atoms with van der Waals surface area (Å²) in [6, 6.07) is 7.97. The molecule has 35 heavy (non-hydrogen) atoms. The number of fused-ring (bicyclic) bond motifs is 1. The molecule has 10 heteroatoms. The van der Waals surface area contributed by atoms with Crippen LogP contribution in [0.5, 0.6) is 0 Å². The maximum atomic E-state index is 14.0. The van der Waals surface area contributed by atoms with Crippen molar-refractivity contribution >= 4 is 42.6 Å². The second kappa shape index (κ2) is 9.57. The highest BCUT2D eigenvalue weighted by Gasteiger charge is 2.42. The molecule has 0 radical (unpaired) electrons. The minimum atomic E-state index is -3.96. The molecule has 0 N–H and O–H groups in total. The smallest absolute Gasteiger partial charge is 0.247 e. The molecule has 2 unspecified atom stereocenters. The van der Waals surface area contributed by atoms with Gasteiger partial charge in [-0.3, -0.25) is 9.69 Å². The molecule has 2 aliphatic rings. The topological polar surface area (TPSA) is 79.8 Å². The number of thiazole rings is 1. The van der Waals surface area contributed by atoms with Gasteiger partial charge in [0, 0.05) is 13.2 Å². The van der Waals surface area contributed by atoms with E-state index in [2.05, 4.69) is 6.07 Å². The minimum absolute atomic E-state index is 0.0182. The summed E-state index contributed by atoms with van der Waals surface area (Å²) >= 11 is 1.45. The Bertz CT molecular complexity index is 1350. The van der Waals surface area contributed by atoms with Crippen LogP contribution < -0.4 is 4.90 Å². The lowest BCUT2D eigenvalue weighted by atomic mass is 10.1. The van der Waals surface area contributed by atoms with E-state index in [1.807, 2.05) is 19.9 Å². The summed E-state index contributed by atoms with van der Waals surface area (Å²) < 4.78 is 48.3. The second-order valence-corrected chi connectivity index (χ2v) is 12.1. The van der Waals surface area contributed by atoms with Gasteiger partial charge in [0.1, 0.15) is 11.9 Å². The van der Waals surface area contributed by atoms with E-state index in [4.69, 9.17) is 9.72 Å². The summed E-state index contributed by atoms with van der Waals surface area (Å²) in [7, 11) is -3.96. The number of carbonyl (C=O) groups is 1. The molecule has 0 aliphatic carbocycles. The third kappa shape index (κ3) is 4.72. The summed E-state index contributed by atoms with van der Waals surface area (Å²) in [4.78, 5) is 20.4. The first kappa shape index (κ1) is 24.3. The number of ether oxygens (including phenoxy) is 1. The van der Waals surface area contributed by atoms with Crippen LogP contribution in [-0.2, 0) is 19.6 Å².